The van der Waals surface area contributed by atoms with Crippen molar-refractivity contribution in [3.63, 3.8) is 0 Å². The molecule has 0 aliphatic carbocycles. The van der Waals surface area contributed by atoms with Gasteiger partial charge in [0.25, 0.3) is 0 Å². The molecule has 9 heteroatoms. The SMILES string of the molecule is CN(C)C=Nc1nc(=O)n([C@H]2C[C@H](O)[C@@H](CO)O2)cc1I. The van der Waals surface area contributed by atoms with Crippen molar-refractivity contribution in [2.45, 2.75) is 24.9 Å². The first kappa shape index (κ1) is 16.3. The van der Waals surface area contributed by atoms with Crippen molar-refractivity contribution >= 4 is 34.7 Å². The summed E-state index contributed by atoms with van der Waals surface area (Å²) in [6, 6.07) is 0. The van der Waals surface area contributed by atoms with Gasteiger partial charge in [-0.15, -0.1) is 0 Å². The number of ether oxygens (including phenoxy) is 1. The molecule has 3 atom stereocenters. The molecule has 1 fully saturated rings. The third kappa shape index (κ3) is 3.78. The zero-order chi connectivity index (χ0) is 15.6. The van der Waals surface area contributed by atoms with Gasteiger partial charge in [0.2, 0.25) is 0 Å². The van der Waals surface area contributed by atoms with E-state index in [1.807, 2.05) is 36.7 Å². The quantitative estimate of drug-likeness (QED) is 0.404. The molecule has 2 rings (SSSR count). The Morgan fingerprint density at radius 3 is 2.95 bits per heavy atom. The van der Waals surface area contributed by atoms with Crippen LogP contribution in [0.25, 0.3) is 0 Å². The number of hydrogen-bond acceptors (Lipinski definition) is 6. The van der Waals surface area contributed by atoms with Gasteiger partial charge in [0.15, 0.2) is 5.82 Å². The lowest BCUT2D eigenvalue weighted by Crippen LogP contribution is -2.28. The monoisotopic (exact) mass is 408 g/mol. The van der Waals surface area contributed by atoms with Crippen molar-refractivity contribution in [1.82, 2.24) is 14.5 Å². The zero-order valence-corrected chi connectivity index (χ0v) is 13.8. The summed E-state index contributed by atoms with van der Waals surface area (Å²) in [4.78, 5) is 21.8. The molecule has 1 aliphatic rings. The standard InChI is InChI=1S/C12H17IN4O4/c1-16(2)6-14-11-7(13)4-17(12(20)15-11)10-3-8(19)9(5-18)21-10/h4,6,8-10,18-19H,3,5H2,1-2H3/t8-,9+,10+/m0/s1. The van der Waals surface area contributed by atoms with Crippen LogP contribution in [0.2, 0.25) is 0 Å². The van der Waals surface area contributed by atoms with Crippen molar-refractivity contribution < 1.29 is 14.9 Å². The highest BCUT2D eigenvalue weighted by atomic mass is 127. The number of aromatic nitrogens is 2. The summed E-state index contributed by atoms with van der Waals surface area (Å²) in [5.41, 5.74) is -0.503. The molecule has 2 N–H and O–H groups in total. The predicted molar refractivity (Wildman–Crippen MR) is 84.7 cm³/mol. The van der Waals surface area contributed by atoms with Crippen molar-refractivity contribution in [2.75, 3.05) is 20.7 Å². The van der Waals surface area contributed by atoms with E-state index in [1.54, 1.807) is 17.4 Å². The first-order chi connectivity index (χ1) is 9.92. The second-order valence-electron chi connectivity index (χ2n) is 4.93. The molecule has 1 aromatic heterocycles. The molecule has 116 valence electrons. The lowest BCUT2D eigenvalue weighted by molar-refractivity contribution is -0.0459. The molecular formula is C12H17IN4O4. The molecule has 1 aromatic rings. The summed E-state index contributed by atoms with van der Waals surface area (Å²) in [6.45, 7) is -0.290. The van der Waals surface area contributed by atoms with E-state index in [2.05, 4.69) is 9.98 Å². The smallest absolute Gasteiger partial charge is 0.351 e. The fourth-order valence-electron chi connectivity index (χ4n) is 1.95. The minimum atomic E-state index is -0.795. The van der Waals surface area contributed by atoms with Crippen molar-refractivity contribution in [3.8, 4) is 0 Å². The van der Waals surface area contributed by atoms with Gasteiger partial charge in [0.05, 0.1) is 22.6 Å². The molecule has 2 heterocycles. The Kier molecular flexibility index (Phi) is 5.30. The van der Waals surface area contributed by atoms with Crippen LogP contribution in [0.5, 0.6) is 0 Å². The number of rotatable bonds is 4. The number of aliphatic imine (C=N–C) groups is 1. The van der Waals surface area contributed by atoms with E-state index >= 15 is 0 Å². The fraction of sp³-hybridized carbons (Fsp3) is 0.583. The molecule has 1 saturated heterocycles. The lowest BCUT2D eigenvalue weighted by Gasteiger charge is -2.15. The van der Waals surface area contributed by atoms with E-state index in [0.717, 1.165) is 0 Å². The van der Waals surface area contributed by atoms with Gasteiger partial charge in [-0.05, 0) is 22.6 Å². The molecule has 0 aromatic carbocycles. The minimum absolute atomic E-state index is 0.239. The Bertz CT molecular complexity index is 589. The minimum Gasteiger partial charge on any atom is -0.394 e. The van der Waals surface area contributed by atoms with Gasteiger partial charge in [-0.2, -0.15) is 4.98 Å². The van der Waals surface area contributed by atoms with Gasteiger partial charge in [-0.3, -0.25) is 4.57 Å². The van der Waals surface area contributed by atoms with E-state index in [4.69, 9.17) is 9.84 Å². The van der Waals surface area contributed by atoms with E-state index in [0.29, 0.717) is 9.39 Å². The van der Waals surface area contributed by atoms with Crippen LogP contribution in [-0.2, 0) is 4.74 Å². The highest BCUT2D eigenvalue weighted by Gasteiger charge is 2.35. The molecule has 8 nitrogen and oxygen atoms in total. The topological polar surface area (TPSA) is 100 Å². The summed E-state index contributed by atoms with van der Waals surface area (Å²) in [5.74, 6) is 0.336. The van der Waals surface area contributed by atoms with Crippen LogP contribution in [0.4, 0.5) is 5.82 Å². The third-order valence-corrected chi connectivity index (χ3v) is 3.75. The second-order valence-corrected chi connectivity index (χ2v) is 6.09. The Morgan fingerprint density at radius 1 is 1.67 bits per heavy atom. The van der Waals surface area contributed by atoms with Gasteiger partial charge in [-0.1, -0.05) is 0 Å². The highest BCUT2D eigenvalue weighted by Crippen LogP contribution is 2.28. The zero-order valence-electron chi connectivity index (χ0n) is 11.7. The first-order valence-electron chi connectivity index (χ1n) is 6.36. The highest BCUT2D eigenvalue weighted by molar-refractivity contribution is 14.1. The number of halogens is 1. The number of nitrogens with zero attached hydrogens (tertiary/aromatic N) is 4. The van der Waals surface area contributed by atoms with Crippen molar-refractivity contribution in [3.05, 3.63) is 20.3 Å². The van der Waals surface area contributed by atoms with Gasteiger partial charge in [0, 0.05) is 26.7 Å². The molecular weight excluding hydrogens is 391 g/mol. The molecule has 21 heavy (non-hydrogen) atoms. The molecule has 1 aliphatic heterocycles. The summed E-state index contributed by atoms with van der Waals surface area (Å²) >= 11 is 2.03. The maximum Gasteiger partial charge on any atom is 0.351 e. The molecule has 0 bridgehead atoms. The van der Waals surface area contributed by atoms with E-state index in [9.17, 15) is 9.90 Å². The molecule has 0 unspecified atom stereocenters. The maximum atomic E-state index is 12.1. The second kappa shape index (κ2) is 6.81. The summed E-state index contributed by atoms with van der Waals surface area (Å²) in [5, 5.41) is 18.8. The maximum absolute atomic E-state index is 12.1. The van der Waals surface area contributed by atoms with Crippen LogP contribution < -0.4 is 5.69 Å². The predicted octanol–water partition coefficient (Wildman–Crippen LogP) is -0.290. The Hall–Kier alpha value is -1.04. The average Bonchev–Trinajstić information content (AvgIpc) is 2.80. The van der Waals surface area contributed by atoms with Gasteiger partial charge in [-0.25, -0.2) is 9.79 Å². The van der Waals surface area contributed by atoms with Crippen LogP contribution in [0, 0.1) is 3.57 Å². The average molecular weight is 408 g/mol. The Morgan fingerprint density at radius 2 is 2.38 bits per heavy atom. The molecule has 0 amide bonds. The molecule has 0 saturated carbocycles. The normalized spacial score (nSPS) is 25.7. The van der Waals surface area contributed by atoms with Crippen molar-refractivity contribution in [2.24, 2.45) is 4.99 Å². The van der Waals surface area contributed by atoms with Crippen LogP contribution in [0.15, 0.2) is 16.0 Å². The van der Waals surface area contributed by atoms with Crippen molar-refractivity contribution in [1.29, 1.82) is 0 Å². The summed E-state index contributed by atoms with van der Waals surface area (Å²) in [7, 11) is 3.64. The van der Waals surface area contributed by atoms with Gasteiger partial charge < -0.3 is 19.8 Å². The third-order valence-electron chi connectivity index (χ3n) is 2.99. The number of hydrogen-bond donors (Lipinski definition) is 2. The molecule has 0 spiro atoms. The van der Waals surface area contributed by atoms with E-state index in [-0.39, 0.29) is 13.0 Å². The summed E-state index contributed by atoms with van der Waals surface area (Å²) in [6.07, 6.45) is 1.30. The van der Waals surface area contributed by atoms with Gasteiger partial charge in [0.1, 0.15) is 12.3 Å². The lowest BCUT2D eigenvalue weighted by atomic mass is 10.2. The van der Waals surface area contributed by atoms with Crippen LogP contribution in [0.3, 0.4) is 0 Å². The fourth-order valence-corrected chi connectivity index (χ4v) is 2.51. The van der Waals surface area contributed by atoms with E-state index < -0.39 is 24.1 Å². The largest absolute Gasteiger partial charge is 0.394 e. The van der Waals surface area contributed by atoms with Gasteiger partial charge >= 0.3 is 5.69 Å². The Labute approximate surface area is 135 Å². The summed E-state index contributed by atoms with van der Waals surface area (Å²) < 4.78 is 7.46. The Balaban J connectivity index is 2.27. The first-order valence-corrected chi connectivity index (χ1v) is 7.44. The van der Waals surface area contributed by atoms with E-state index in [1.165, 1.54) is 4.57 Å². The van der Waals surface area contributed by atoms with Crippen LogP contribution in [-0.4, -0.2) is 63.9 Å². The number of aliphatic hydroxyl groups excluding tert-OH is 2. The molecule has 0 radical (unpaired) electrons. The van der Waals surface area contributed by atoms with Crippen LogP contribution >= 0.6 is 22.6 Å². The number of aliphatic hydroxyl groups is 2. The van der Waals surface area contributed by atoms with Crippen LogP contribution in [0.1, 0.15) is 12.6 Å².